The molecule has 0 unspecified atom stereocenters. The Labute approximate surface area is 193 Å². The van der Waals surface area contributed by atoms with Gasteiger partial charge in [0.1, 0.15) is 23.0 Å². The maximum Gasteiger partial charge on any atom is 0.321 e. The Morgan fingerprint density at radius 2 is 1.73 bits per heavy atom. The van der Waals surface area contributed by atoms with Crippen LogP contribution in [-0.4, -0.2) is 55.0 Å². The Morgan fingerprint density at radius 1 is 0.970 bits per heavy atom. The number of benzene rings is 3. The number of fused-ring (bicyclic) bond motifs is 2. The van der Waals surface area contributed by atoms with Gasteiger partial charge in [-0.15, -0.1) is 0 Å². The number of amidine groups is 1. The Bertz CT molecular complexity index is 1200. The van der Waals surface area contributed by atoms with E-state index >= 15 is 0 Å². The van der Waals surface area contributed by atoms with E-state index in [0.29, 0.717) is 26.2 Å². The first kappa shape index (κ1) is 20.9. The summed E-state index contributed by atoms with van der Waals surface area (Å²) < 4.78 is 11.6. The van der Waals surface area contributed by atoms with E-state index in [1.54, 1.807) is 7.11 Å². The number of nitrogens with one attached hydrogen (secondary N) is 1. The first-order chi connectivity index (χ1) is 16.1. The molecular formula is C26H26N4O3. The molecule has 0 atom stereocenters. The molecule has 0 aromatic heterocycles. The van der Waals surface area contributed by atoms with Crippen LogP contribution in [-0.2, 0) is 0 Å². The van der Waals surface area contributed by atoms with Crippen LogP contribution in [0.15, 0.2) is 71.7 Å². The molecule has 168 valence electrons. The van der Waals surface area contributed by atoms with Crippen LogP contribution in [0.5, 0.6) is 17.2 Å². The number of urea groups is 1. The molecule has 1 saturated heterocycles. The lowest BCUT2D eigenvalue weighted by molar-refractivity contribution is 0.181. The summed E-state index contributed by atoms with van der Waals surface area (Å²) in [6, 6.07) is 21.3. The summed E-state index contributed by atoms with van der Waals surface area (Å²) in [4.78, 5) is 21.8. The molecule has 2 aliphatic rings. The van der Waals surface area contributed by atoms with Gasteiger partial charge in [0.15, 0.2) is 5.75 Å². The average molecular weight is 443 g/mol. The molecule has 2 heterocycles. The number of piperazine rings is 1. The molecule has 7 nitrogen and oxygen atoms in total. The van der Waals surface area contributed by atoms with E-state index in [1.165, 1.54) is 0 Å². The lowest BCUT2D eigenvalue weighted by Crippen LogP contribution is -2.51. The van der Waals surface area contributed by atoms with Crippen LogP contribution >= 0.6 is 0 Å². The van der Waals surface area contributed by atoms with Crippen LogP contribution in [0.1, 0.15) is 11.1 Å². The Kier molecular flexibility index (Phi) is 5.60. The van der Waals surface area contributed by atoms with Crippen LogP contribution in [0, 0.1) is 6.92 Å². The van der Waals surface area contributed by atoms with Crippen LogP contribution in [0.3, 0.4) is 0 Å². The van der Waals surface area contributed by atoms with Gasteiger partial charge in [0, 0.05) is 31.9 Å². The largest absolute Gasteiger partial charge is 0.497 e. The number of rotatable bonds is 2. The molecule has 2 amide bonds. The summed E-state index contributed by atoms with van der Waals surface area (Å²) in [5.74, 6) is 3.02. The lowest BCUT2D eigenvalue weighted by atomic mass is 10.1. The number of hydrogen-bond acceptors (Lipinski definition) is 5. The lowest BCUT2D eigenvalue weighted by Gasteiger charge is -2.36. The van der Waals surface area contributed by atoms with Gasteiger partial charge in [-0.25, -0.2) is 9.79 Å². The zero-order valence-electron chi connectivity index (χ0n) is 18.7. The maximum absolute atomic E-state index is 12.8. The van der Waals surface area contributed by atoms with Crippen molar-refractivity contribution in [3.05, 3.63) is 77.9 Å². The van der Waals surface area contributed by atoms with E-state index in [4.69, 9.17) is 14.5 Å². The number of anilines is 1. The van der Waals surface area contributed by atoms with Crippen molar-refractivity contribution in [2.45, 2.75) is 6.92 Å². The molecule has 3 aromatic carbocycles. The number of carbonyl (C=O) groups is 1. The molecular weight excluding hydrogens is 416 g/mol. The highest BCUT2D eigenvalue weighted by Gasteiger charge is 2.28. The number of para-hydroxylation sites is 2. The van der Waals surface area contributed by atoms with Gasteiger partial charge < -0.3 is 24.6 Å². The predicted octanol–water partition coefficient (Wildman–Crippen LogP) is 5.04. The molecule has 3 aromatic rings. The highest BCUT2D eigenvalue weighted by molar-refractivity contribution is 6.04. The highest BCUT2D eigenvalue weighted by atomic mass is 16.5. The van der Waals surface area contributed by atoms with E-state index in [1.807, 2.05) is 78.6 Å². The van der Waals surface area contributed by atoms with Crippen molar-refractivity contribution in [1.82, 2.24) is 9.80 Å². The van der Waals surface area contributed by atoms with Crippen LogP contribution < -0.4 is 14.8 Å². The van der Waals surface area contributed by atoms with Gasteiger partial charge in [0.25, 0.3) is 0 Å². The summed E-state index contributed by atoms with van der Waals surface area (Å²) >= 11 is 0. The summed E-state index contributed by atoms with van der Waals surface area (Å²) in [5.41, 5.74) is 3.62. The van der Waals surface area contributed by atoms with Crippen molar-refractivity contribution in [3.8, 4) is 17.2 Å². The van der Waals surface area contributed by atoms with Gasteiger partial charge in [0.05, 0.1) is 12.7 Å². The number of methoxy groups -OCH3 is 1. The fourth-order valence-corrected chi connectivity index (χ4v) is 4.03. The van der Waals surface area contributed by atoms with Gasteiger partial charge in [0.2, 0.25) is 0 Å². The number of amides is 2. The van der Waals surface area contributed by atoms with Crippen molar-refractivity contribution in [2.24, 2.45) is 4.99 Å². The zero-order chi connectivity index (χ0) is 22.8. The minimum atomic E-state index is -0.0861. The maximum atomic E-state index is 12.8. The number of carbonyl (C=O) groups excluding carboxylic acids is 1. The van der Waals surface area contributed by atoms with Crippen LogP contribution in [0.2, 0.25) is 0 Å². The third kappa shape index (κ3) is 4.35. The first-order valence-electron chi connectivity index (χ1n) is 11.0. The van der Waals surface area contributed by atoms with E-state index in [0.717, 1.165) is 45.6 Å². The zero-order valence-corrected chi connectivity index (χ0v) is 18.7. The number of ether oxygens (including phenoxy) is 2. The van der Waals surface area contributed by atoms with Crippen molar-refractivity contribution in [3.63, 3.8) is 0 Å². The molecule has 1 N–H and O–H groups in total. The van der Waals surface area contributed by atoms with E-state index in [-0.39, 0.29) is 6.03 Å². The van der Waals surface area contributed by atoms with Crippen molar-refractivity contribution >= 4 is 23.2 Å². The van der Waals surface area contributed by atoms with Crippen molar-refractivity contribution in [1.29, 1.82) is 0 Å². The standard InChI is InChI=1S/C26H26N4O3/c1-18-7-9-19(10-8-18)27-26(31)30-15-13-29(14-16-30)25-21-17-20(32-2)11-12-23(21)33-24-6-4-3-5-22(24)28-25/h3-12,17H,13-16H2,1-2H3,(H,27,31). The van der Waals surface area contributed by atoms with Crippen molar-refractivity contribution in [2.75, 3.05) is 38.6 Å². The van der Waals surface area contributed by atoms with Gasteiger partial charge in [-0.05, 0) is 49.4 Å². The molecule has 1 fully saturated rings. The number of nitrogens with zero attached hydrogens (tertiary/aromatic N) is 3. The normalized spacial score (nSPS) is 14.9. The molecule has 0 spiro atoms. The monoisotopic (exact) mass is 442 g/mol. The minimum absolute atomic E-state index is 0.0861. The summed E-state index contributed by atoms with van der Waals surface area (Å²) in [5, 5.41) is 2.99. The molecule has 0 radical (unpaired) electrons. The second-order valence-electron chi connectivity index (χ2n) is 8.14. The van der Waals surface area contributed by atoms with Crippen LogP contribution in [0.25, 0.3) is 0 Å². The third-order valence-corrected chi connectivity index (χ3v) is 5.91. The van der Waals surface area contributed by atoms with Gasteiger partial charge >= 0.3 is 6.03 Å². The Balaban J connectivity index is 1.36. The highest BCUT2D eigenvalue weighted by Crippen LogP contribution is 2.39. The Morgan fingerprint density at radius 3 is 2.48 bits per heavy atom. The number of aliphatic imine (C=N–C) groups is 1. The molecule has 0 aliphatic carbocycles. The molecule has 33 heavy (non-hydrogen) atoms. The quantitative estimate of drug-likeness (QED) is 0.604. The molecule has 0 bridgehead atoms. The Hall–Kier alpha value is -4.00. The summed E-state index contributed by atoms with van der Waals surface area (Å²) in [7, 11) is 1.65. The number of hydrogen-bond donors (Lipinski definition) is 1. The summed E-state index contributed by atoms with van der Waals surface area (Å²) in [6.45, 7) is 4.55. The summed E-state index contributed by atoms with van der Waals surface area (Å²) in [6.07, 6.45) is 0. The smallest absolute Gasteiger partial charge is 0.321 e. The molecule has 2 aliphatic heterocycles. The molecule has 5 rings (SSSR count). The van der Waals surface area contributed by atoms with Crippen LogP contribution in [0.4, 0.5) is 16.2 Å². The fraction of sp³-hybridized carbons (Fsp3) is 0.231. The SMILES string of the molecule is COc1ccc2c(c1)C(N1CCN(C(=O)Nc3ccc(C)cc3)CC1)=Nc1ccccc1O2. The van der Waals surface area contributed by atoms with Crippen molar-refractivity contribution < 1.29 is 14.3 Å². The second kappa shape index (κ2) is 8.86. The third-order valence-electron chi connectivity index (χ3n) is 5.91. The van der Waals surface area contributed by atoms with E-state index in [2.05, 4.69) is 10.2 Å². The predicted molar refractivity (Wildman–Crippen MR) is 129 cm³/mol. The molecule has 0 saturated carbocycles. The first-order valence-corrected chi connectivity index (χ1v) is 11.0. The number of aryl methyl sites for hydroxylation is 1. The van der Waals surface area contributed by atoms with E-state index < -0.39 is 0 Å². The van der Waals surface area contributed by atoms with Gasteiger partial charge in [-0.2, -0.15) is 0 Å². The molecule has 7 heteroatoms. The van der Waals surface area contributed by atoms with Gasteiger partial charge in [-0.1, -0.05) is 29.8 Å². The second-order valence-corrected chi connectivity index (χ2v) is 8.14. The topological polar surface area (TPSA) is 66.4 Å². The van der Waals surface area contributed by atoms with Gasteiger partial charge in [-0.3, -0.25) is 0 Å². The van der Waals surface area contributed by atoms with E-state index in [9.17, 15) is 4.79 Å². The average Bonchev–Trinajstić information content (AvgIpc) is 3.01. The fourth-order valence-electron chi connectivity index (χ4n) is 4.03. The minimum Gasteiger partial charge on any atom is -0.497 e.